The molecule has 0 aromatic heterocycles. The van der Waals surface area contributed by atoms with Gasteiger partial charge in [0.25, 0.3) is 0 Å². The molecule has 11 heteroatoms. The molecule has 30 heavy (non-hydrogen) atoms. The summed E-state index contributed by atoms with van der Waals surface area (Å²) in [4.78, 5) is 0. The van der Waals surface area contributed by atoms with E-state index in [0.717, 1.165) is 11.6 Å². The molecule has 0 aliphatic carbocycles. The van der Waals surface area contributed by atoms with Crippen molar-refractivity contribution in [2.75, 3.05) is 15.5 Å². The molecule has 0 aliphatic heterocycles. The second kappa shape index (κ2) is 8.73. The molecule has 0 bridgehead atoms. The Hall–Kier alpha value is -2.46. The van der Waals surface area contributed by atoms with Crippen LogP contribution in [0.15, 0.2) is 41.5 Å². The van der Waals surface area contributed by atoms with E-state index in [0.29, 0.717) is 10.7 Å². The molecule has 2 aromatic rings. The Morgan fingerprint density at radius 1 is 1.20 bits per heavy atom. The largest absolute Gasteiger partial charge is 0.516 e. The van der Waals surface area contributed by atoms with Crippen LogP contribution in [-0.4, -0.2) is 25.7 Å². The topological polar surface area (TPSA) is 87.8 Å². The summed E-state index contributed by atoms with van der Waals surface area (Å²) in [7, 11) is -5.61. The first-order valence-electron chi connectivity index (χ1n) is 8.82. The monoisotopic (exact) mass is 462 g/mol. The van der Waals surface area contributed by atoms with Crippen LogP contribution in [0.25, 0.3) is 0 Å². The summed E-state index contributed by atoms with van der Waals surface area (Å²) in [5, 5.41) is 6.68. The van der Waals surface area contributed by atoms with Gasteiger partial charge in [-0.1, -0.05) is 17.7 Å². The van der Waals surface area contributed by atoms with Crippen molar-refractivity contribution in [1.82, 2.24) is 0 Å². The lowest BCUT2D eigenvalue weighted by molar-refractivity contribution is -0.0429. The number of nitrogen functional groups attached to an aromatic ring is 1. The van der Waals surface area contributed by atoms with E-state index in [1.807, 2.05) is 26.8 Å². The normalized spacial score (nSPS) is 12.9. The smallest absolute Gasteiger partial charge is 0.399 e. The fraction of sp³-hybridized carbons (Fsp3) is 0.316. The Morgan fingerprint density at radius 3 is 2.40 bits per heavy atom. The van der Waals surface area contributed by atoms with Gasteiger partial charge in [-0.3, -0.25) is 9.73 Å². The van der Waals surface area contributed by atoms with E-state index in [9.17, 15) is 21.6 Å². The Labute approximate surface area is 178 Å². The fourth-order valence-corrected chi connectivity index (χ4v) is 3.39. The molecule has 0 atom stereocenters. The van der Waals surface area contributed by atoms with Crippen LogP contribution < -0.4 is 15.5 Å². The second-order valence-electron chi connectivity index (χ2n) is 6.91. The minimum absolute atomic E-state index is 0.119. The number of sulfonamides is 1. The highest BCUT2D eigenvalue weighted by Gasteiger charge is 2.46. The van der Waals surface area contributed by atoms with Gasteiger partial charge in [0.05, 0.1) is 17.1 Å². The summed E-state index contributed by atoms with van der Waals surface area (Å²) >= 11 is 6.11. The number of nitrogens with one attached hydrogen (secondary N) is 1. The minimum atomic E-state index is -5.61. The van der Waals surface area contributed by atoms with Gasteiger partial charge < -0.3 is 5.73 Å². The highest BCUT2D eigenvalue weighted by atomic mass is 35.5. The van der Waals surface area contributed by atoms with Gasteiger partial charge in [-0.05, 0) is 63.6 Å². The molecule has 2 rings (SSSR count). The molecule has 2 aromatic carbocycles. The number of hydrogen-bond donors (Lipinski definition) is 2. The van der Waals surface area contributed by atoms with Gasteiger partial charge in [0.1, 0.15) is 0 Å². The number of halogens is 4. The van der Waals surface area contributed by atoms with Crippen LogP contribution in [0.4, 0.5) is 30.2 Å². The van der Waals surface area contributed by atoms with Gasteiger partial charge >= 0.3 is 15.5 Å². The summed E-state index contributed by atoms with van der Waals surface area (Å²) in [5.74, 6) is 0. The third-order valence-corrected chi connectivity index (χ3v) is 5.48. The molecule has 0 saturated carbocycles. The van der Waals surface area contributed by atoms with Gasteiger partial charge in [0.2, 0.25) is 0 Å². The highest BCUT2D eigenvalue weighted by molar-refractivity contribution is 7.93. The van der Waals surface area contributed by atoms with Crippen molar-refractivity contribution < 1.29 is 21.6 Å². The third kappa shape index (κ3) is 5.37. The van der Waals surface area contributed by atoms with Gasteiger partial charge in [-0.25, -0.2) is 0 Å². The predicted molar refractivity (Wildman–Crippen MR) is 115 cm³/mol. The number of hydrogen-bond acceptors (Lipinski definition) is 5. The van der Waals surface area contributed by atoms with E-state index in [4.69, 9.17) is 17.3 Å². The van der Waals surface area contributed by atoms with Crippen LogP contribution in [0.1, 0.15) is 31.9 Å². The van der Waals surface area contributed by atoms with Crippen molar-refractivity contribution in [2.24, 2.45) is 5.10 Å². The van der Waals surface area contributed by atoms with E-state index < -0.39 is 15.5 Å². The SMILES string of the molecule is C/C(=N\N(c1cc(Cl)ccc1C)C(C)C)c1cc(N)ccc1NS(=O)(=O)C(F)(F)F. The van der Waals surface area contributed by atoms with Gasteiger partial charge in [-0.15, -0.1) is 0 Å². The van der Waals surface area contributed by atoms with Crippen molar-refractivity contribution in [3.63, 3.8) is 0 Å². The zero-order chi connectivity index (χ0) is 22.9. The van der Waals surface area contributed by atoms with Crippen molar-refractivity contribution >= 4 is 44.4 Å². The quantitative estimate of drug-likeness (QED) is 0.354. The van der Waals surface area contributed by atoms with E-state index in [1.54, 1.807) is 28.8 Å². The van der Waals surface area contributed by atoms with Crippen molar-refractivity contribution in [3.8, 4) is 0 Å². The summed E-state index contributed by atoms with van der Waals surface area (Å²) in [6.45, 7) is 7.18. The standard InChI is InChI=1S/C19H22ClF3N4O2S/c1-11(2)27(18-9-14(20)6-5-12(18)3)25-13(4)16-10-15(24)7-8-17(16)26-30(28,29)19(21,22)23/h5-11,26H,24H2,1-4H3/b25-13+. The lowest BCUT2D eigenvalue weighted by atomic mass is 10.1. The number of hydrazone groups is 1. The van der Waals surface area contributed by atoms with Crippen LogP contribution in [0, 0.1) is 6.92 Å². The van der Waals surface area contributed by atoms with Crippen LogP contribution in [-0.2, 0) is 10.0 Å². The Kier molecular flexibility index (Phi) is 6.93. The van der Waals surface area contributed by atoms with Gasteiger partial charge in [0.15, 0.2) is 0 Å². The summed E-state index contributed by atoms with van der Waals surface area (Å²) < 4.78 is 63.2. The first-order chi connectivity index (χ1) is 13.7. The molecule has 0 unspecified atom stereocenters. The van der Waals surface area contributed by atoms with Crippen LogP contribution in [0.5, 0.6) is 0 Å². The Balaban J connectivity index is 2.58. The van der Waals surface area contributed by atoms with Gasteiger partial charge in [0, 0.05) is 22.3 Å². The Bertz CT molecular complexity index is 1070. The van der Waals surface area contributed by atoms with E-state index >= 15 is 0 Å². The average molecular weight is 463 g/mol. The van der Waals surface area contributed by atoms with E-state index in [1.165, 1.54) is 12.1 Å². The molecule has 6 nitrogen and oxygen atoms in total. The molecular weight excluding hydrogens is 441 g/mol. The van der Waals surface area contributed by atoms with Gasteiger partial charge in [-0.2, -0.15) is 26.7 Å². The number of alkyl halides is 3. The van der Waals surface area contributed by atoms with Crippen molar-refractivity contribution in [1.29, 1.82) is 0 Å². The maximum Gasteiger partial charge on any atom is 0.516 e. The van der Waals surface area contributed by atoms with E-state index in [2.05, 4.69) is 5.10 Å². The molecule has 0 spiro atoms. The van der Waals surface area contributed by atoms with Crippen molar-refractivity contribution in [3.05, 3.63) is 52.5 Å². The molecule has 0 heterocycles. The van der Waals surface area contributed by atoms with E-state index in [-0.39, 0.29) is 28.7 Å². The number of benzene rings is 2. The fourth-order valence-electron chi connectivity index (χ4n) is 2.65. The summed E-state index contributed by atoms with van der Waals surface area (Å²) in [6.07, 6.45) is 0. The number of rotatable bonds is 6. The summed E-state index contributed by atoms with van der Waals surface area (Å²) in [5.41, 5.74) is 2.24. The first kappa shape index (κ1) is 23.8. The molecule has 0 fully saturated rings. The second-order valence-corrected chi connectivity index (χ2v) is 9.02. The van der Waals surface area contributed by atoms with Crippen LogP contribution in [0.3, 0.4) is 0 Å². The molecule has 0 amide bonds. The zero-order valence-electron chi connectivity index (χ0n) is 16.7. The lowest BCUT2D eigenvalue weighted by Gasteiger charge is -2.26. The number of nitrogens with two attached hydrogens (primary N) is 1. The molecular formula is C19H22ClF3N4O2S. The van der Waals surface area contributed by atoms with Crippen LogP contribution >= 0.6 is 11.6 Å². The maximum atomic E-state index is 12.8. The summed E-state index contributed by atoms with van der Waals surface area (Å²) in [6, 6.07) is 8.97. The molecule has 0 saturated heterocycles. The first-order valence-corrected chi connectivity index (χ1v) is 10.7. The number of aryl methyl sites for hydroxylation is 1. The molecule has 164 valence electrons. The molecule has 3 N–H and O–H groups in total. The Morgan fingerprint density at radius 2 is 1.83 bits per heavy atom. The highest BCUT2D eigenvalue weighted by Crippen LogP contribution is 2.30. The zero-order valence-corrected chi connectivity index (χ0v) is 18.3. The lowest BCUT2D eigenvalue weighted by Crippen LogP contribution is -2.31. The third-order valence-electron chi connectivity index (χ3n) is 4.15. The number of nitrogens with zero attached hydrogens (tertiary/aromatic N) is 2. The van der Waals surface area contributed by atoms with Crippen LogP contribution in [0.2, 0.25) is 5.02 Å². The number of anilines is 3. The predicted octanol–water partition coefficient (Wildman–Crippen LogP) is 5.13. The molecule has 0 aliphatic rings. The van der Waals surface area contributed by atoms with Crippen molar-refractivity contribution in [2.45, 2.75) is 39.2 Å². The molecule has 0 radical (unpaired) electrons. The maximum absolute atomic E-state index is 12.8. The minimum Gasteiger partial charge on any atom is -0.399 e. The average Bonchev–Trinajstić information content (AvgIpc) is 2.61.